The first-order chi connectivity index (χ1) is 12.1. The Kier molecular flexibility index (Phi) is 5.51. The molecule has 0 atom stereocenters. The molecule has 0 saturated heterocycles. The minimum Gasteiger partial charge on any atom is -0.495 e. The maximum atomic E-state index is 12.6. The minimum absolute atomic E-state index is 0.0958. The number of nitrogens with one attached hydrogen (secondary N) is 2. The van der Waals surface area contributed by atoms with E-state index < -0.39 is 16.0 Å². The Bertz CT molecular complexity index is 969. The summed E-state index contributed by atoms with van der Waals surface area (Å²) in [5.74, 6) is -1.18. The normalized spacial score (nSPS) is 10.9. The lowest BCUT2D eigenvalue weighted by atomic mass is 10.1. The van der Waals surface area contributed by atoms with Gasteiger partial charge in [-0.25, -0.2) is 13.2 Å². The summed E-state index contributed by atoms with van der Waals surface area (Å²) in [5, 5.41) is 11.7. The maximum Gasteiger partial charge on any atom is 0.335 e. The number of carbonyl (C=O) groups excluding carboxylic acids is 1. The SMILES string of the molecule is COc1ccc(NS(=O)(=O)c2ccc(C)c(C(=O)O)c2)cc1NC(C)=O. The van der Waals surface area contributed by atoms with E-state index in [-0.39, 0.29) is 22.1 Å². The molecular formula is C17H18N2O6S. The molecule has 8 nitrogen and oxygen atoms in total. The molecule has 1 amide bonds. The molecule has 2 aromatic rings. The van der Waals surface area contributed by atoms with Crippen LogP contribution >= 0.6 is 0 Å². The van der Waals surface area contributed by atoms with Crippen molar-refractivity contribution in [2.75, 3.05) is 17.1 Å². The van der Waals surface area contributed by atoms with Gasteiger partial charge in [0.1, 0.15) is 5.75 Å². The molecule has 0 heterocycles. The average molecular weight is 378 g/mol. The van der Waals surface area contributed by atoms with Gasteiger partial charge in [0, 0.05) is 6.92 Å². The van der Waals surface area contributed by atoms with E-state index in [9.17, 15) is 18.0 Å². The van der Waals surface area contributed by atoms with Crippen LogP contribution in [-0.2, 0) is 14.8 Å². The molecule has 2 rings (SSSR count). The van der Waals surface area contributed by atoms with E-state index in [0.717, 1.165) is 6.07 Å². The van der Waals surface area contributed by atoms with Crippen molar-refractivity contribution < 1.29 is 27.9 Å². The van der Waals surface area contributed by atoms with Crippen LogP contribution in [0, 0.1) is 6.92 Å². The Labute approximate surface area is 150 Å². The van der Waals surface area contributed by atoms with Crippen LogP contribution in [0.3, 0.4) is 0 Å². The fourth-order valence-corrected chi connectivity index (χ4v) is 3.35. The van der Waals surface area contributed by atoms with Crippen molar-refractivity contribution in [2.45, 2.75) is 18.7 Å². The quantitative estimate of drug-likeness (QED) is 0.710. The van der Waals surface area contributed by atoms with Gasteiger partial charge >= 0.3 is 5.97 Å². The van der Waals surface area contributed by atoms with Crippen molar-refractivity contribution in [3.05, 3.63) is 47.5 Å². The smallest absolute Gasteiger partial charge is 0.335 e. The van der Waals surface area contributed by atoms with Crippen molar-refractivity contribution in [3.63, 3.8) is 0 Å². The van der Waals surface area contributed by atoms with E-state index in [2.05, 4.69) is 10.0 Å². The number of hydrogen-bond acceptors (Lipinski definition) is 5. The Morgan fingerprint density at radius 3 is 2.38 bits per heavy atom. The van der Waals surface area contributed by atoms with Crippen LogP contribution in [0.25, 0.3) is 0 Å². The molecule has 0 fully saturated rings. The van der Waals surface area contributed by atoms with Gasteiger partial charge in [-0.1, -0.05) is 6.07 Å². The predicted octanol–water partition coefficient (Wildman–Crippen LogP) is 2.46. The van der Waals surface area contributed by atoms with E-state index >= 15 is 0 Å². The number of rotatable bonds is 6. The van der Waals surface area contributed by atoms with Gasteiger partial charge in [0.2, 0.25) is 5.91 Å². The molecule has 0 unspecified atom stereocenters. The van der Waals surface area contributed by atoms with Crippen molar-refractivity contribution in [1.82, 2.24) is 0 Å². The fraction of sp³-hybridized carbons (Fsp3) is 0.176. The number of hydrogen-bond donors (Lipinski definition) is 3. The molecule has 0 aromatic heterocycles. The molecule has 138 valence electrons. The molecule has 0 aliphatic rings. The number of carboxylic acid groups (broad SMARTS) is 1. The molecule has 26 heavy (non-hydrogen) atoms. The first-order valence-corrected chi connectivity index (χ1v) is 8.95. The third-order valence-electron chi connectivity index (χ3n) is 3.51. The van der Waals surface area contributed by atoms with Crippen LogP contribution in [0.15, 0.2) is 41.3 Å². The standard InChI is InChI=1S/C17H18N2O6S/c1-10-4-6-13(9-14(10)17(21)22)26(23,24)19-12-5-7-16(25-3)15(8-12)18-11(2)20/h4-9,19H,1-3H3,(H,18,20)(H,21,22). The van der Waals surface area contributed by atoms with Gasteiger partial charge in [0.15, 0.2) is 0 Å². The van der Waals surface area contributed by atoms with Gasteiger partial charge in [0.25, 0.3) is 10.0 Å². The summed E-state index contributed by atoms with van der Waals surface area (Å²) in [6, 6.07) is 8.22. The van der Waals surface area contributed by atoms with E-state index in [1.54, 1.807) is 6.92 Å². The zero-order chi connectivity index (χ0) is 19.5. The third kappa shape index (κ3) is 4.31. The number of anilines is 2. The highest BCUT2D eigenvalue weighted by Gasteiger charge is 2.18. The van der Waals surface area contributed by atoms with Crippen LogP contribution in [0.2, 0.25) is 0 Å². The van der Waals surface area contributed by atoms with Gasteiger partial charge in [-0.05, 0) is 42.8 Å². The Morgan fingerprint density at radius 1 is 1.12 bits per heavy atom. The van der Waals surface area contributed by atoms with Gasteiger partial charge in [-0.15, -0.1) is 0 Å². The van der Waals surface area contributed by atoms with Crippen molar-refractivity contribution in [3.8, 4) is 5.75 Å². The molecular weight excluding hydrogens is 360 g/mol. The number of aryl methyl sites for hydroxylation is 1. The second-order valence-corrected chi connectivity index (χ2v) is 7.17. The number of benzene rings is 2. The highest BCUT2D eigenvalue weighted by Crippen LogP contribution is 2.29. The lowest BCUT2D eigenvalue weighted by Crippen LogP contribution is -2.15. The number of amides is 1. The summed E-state index contributed by atoms with van der Waals surface area (Å²) in [6.07, 6.45) is 0. The summed E-state index contributed by atoms with van der Waals surface area (Å²) < 4.78 is 32.6. The van der Waals surface area contributed by atoms with Crippen molar-refractivity contribution in [2.24, 2.45) is 0 Å². The fourth-order valence-electron chi connectivity index (χ4n) is 2.27. The Balaban J connectivity index is 2.39. The van der Waals surface area contributed by atoms with Crippen LogP contribution in [0.1, 0.15) is 22.8 Å². The third-order valence-corrected chi connectivity index (χ3v) is 4.89. The number of ether oxygens (including phenoxy) is 1. The lowest BCUT2D eigenvalue weighted by Gasteiger charge is -2.13. The molecule has 0 aliphatic heterocycles. The number of carboxylic acids is 1. The molecule has 0 saturated carbocycles. The average Bonchev–Trinajstić information content (AvgIpc) is 2.54. The molecule has 0 aliphatic carbocycles. The highest BCUT2D eigenvalue weighted by atomic mass is 32.2. The number of sulfonamides is 1. The molecule has 9 heteroatoms. The molecule has 0 radical (unpaired) electrons. The topological polar surface area (TPSA) is 122 Å². The van der Waals surface area contributed by atoms with Gasteiger partial charge in [-0.2, -0.15) is 0 Å². The zero-order valence-corrected chi connectivity index (χ0v) is 15.2. The second kappa shape index (κ2) is 7.44. The summed E-state index contributed by atoms with van der Waals surface area (Å²) >= 11 is 0. The second-order valence-electron chi connectivity index (χ2n) is 5.48. The number of methoxy groups -OCH3 is 1. The minimum atomic E-state index is -4.02. The number of aromatic carboxylic acids is 1. The Hall–Kier alpha value is -3.07. The summed E-state index contributed by atoms with van der Waals surface area (Å²) in [4.78, 5) is 22.3. The van der Waals surface area contributed by atoms with Crippen LogP contribution in [0.4, 0.5) is 11.4 Å². The zero-order valence-electron chi connectivity index (χ0n) is 14.4. The monoisotopic (exact) mass is 378 g/mol. The van der Waals surface area contributed by atoms with Gasteiger partial charge in [0.05, 0.1) is 28.9 Å². The van der Waals surface area contributed by atoms with Gasteiger partial charge < -0.3 is 15.2 Å². The molecule has 0 spiro atoms. The van der Waals surface area contributed by atoms with E-state index in [4.69, 9.17) is 9.84 Å². The summed E-state index contributed by atoms with van der Waals surface area (Å²) in [7, 11) is -2.60. The maximum absolute atomic E-state index is 12.6. The van der Waals surface area contributed by atoms with Gasteiger partial charge in [-0.3, -0.25) is 9.52 Å². The summed E-state index contributed by atoms with van der Waals surface area (Å²) in [5.41, 5.74) is 0.845. The number of carbonyl (C=O) groups is 2. The van der Waals surface area contributed by atoms with E-state index in [1.165, 1.54) is 44.4 Å². The largest absolute Gasteiger partial charge is 0.495 e. The molecule has 2 aromatic carbocycles. The Morgan fingerprint density at radius 2 is 1.81 bits per heavy atom. The highest BCUT2D eigenvalue weighted by molar-refractivity contribution is 7.92. The van der Waals surface area contributed by atoms with E-state index in [1.807, 2.05) is 0 Å². The van der Waals surface area contributed by atoms with Crippen LogP contribution < -0.4 is 14.8 Å². The predicted molar refractivity (Wildman–Crippen MR) is 96.2 cm³/mol. The molecule has 3 N–H and O–H groups in total. The first-order valence-electron chi connectivity index (χ1n) is 7.46. The molecule has 0 bridgehead atoms. The van der Waals surface area contributed by atoms with Crippen molar-refractivity contribution >= 4 is 33.3 Å². The van der Waals surface area contributed by atoms with Crippen molar-refractivity contribution in [1.29, 1.82) is 0 Å². The first kappa shape index (κ1) is 19.3. The van der Waals surface area contributed by atoms with E-state index in [0.29, 0.717) is 17.0 Å². The lowest BCUT2D eigenvalue weighted by molar-refractivity contribution is -0.114. The summed E-state index contributed by atoms with van der Waals surface area (Å²) in [6.45, 7) is 2.90. The van der Waals surface area contributed by atoms with Crippen LogP contribution in [-0.4, -0.2) is 32.5 Å². The van der Waals surface area contributed by atoms with Crippen LogP contribution in [0.5, 0.6) is 5.75 Å².